The molecule has 8 heteroatoms. The van der Waals surface area contributed by atoms with Crippen molar-refractivity contribution < 1.29 is 9.21 Å². The van der Waals surface area contributed by atoms with Crippen LogP contribution in [0.1, 0.15) is 30.9 Å². The van der Waals surface area contributed by atoms with Crippen LogP contribution in [0.4, 0.5) is 5.69 Å². The van der Waals surface area contributed by atoms with Crippen LogP contribution in [-0.4, -0.2) is 26.4 Å². The van der Waals surface area contributed by atoms with Crippen molar-refractivity contribution in [3.05, 3.63) is 70.9 Å². The van der Waals surface area contributed by atoms with E-state index < -0.39 is 5.76 Å². The van der Waals surface area contributed by atoms with E-state index in [1.54, 1.807) is 24.4 Å². The van der Waals surface area contributed by atoms with E-state index in [1.165, 1.54) is 17.3 Å². The number of pyridine rings is 1. The van der Waals surface area contributed by atoms with Crippen LogP contribution in [0.25, 0.3) is 11.5 Å². The van der Waals surface area contributed by atoms with Gasteiger partial charge in [-0.1, -0.05) is 31.6 Å². The van der Waals surface area contributed by atoms with Crippen LogP contribution in [0.15, 0.2) is 63.4 Å². The highest BCUT2D eigenvalue weighted by Crippen LogP contribution is 2.27. The predicted octanol–water partition coefficient (Wildman–Crippen LogP) is 4.47. The number of benzene rings is 1. The van der Waals surface area contributed by atoms with Crippen molar-refractivity contribution in [2.45, 2.75) is 44.7 Å². The molecule has 1 aromatic carbocycles. The number of aromatic nitrogens is 3. The van der Waals surface area contributed by atoms with Crippen molar-refractivity contribution in [1.29, 1.82) is 0 Å². The number of carbonyl (C=O) groups excluding carboxylic acids is 1. The lowest BCUT2D eigenvalue weighted by molar-refractivity contribution is -0.117. The van der Waals surface area contributed by atoms with Crippen molar-refractivity contribution in [3.63, 3.8) is 0 Å². The number of nitrogens with one attached hydrogen (secondary N) is 1. The fourth-order valence-electron chi connectivity index (χ4n) is 3.05. The second-order valence-electron chi connectivity index (χ2n) is 7.09. The van der Waals surface area contributed by atoms with E-state index in [0.717, 1.165) is 35.2 Å². The molecule has 0 saturated carbocycles. The molecule has 0 atom stereocenters. The van der Waals surface area contributed by atoms with Crippen LogP contribution in [0.3, 0.4) is 0 Å². The van der Waals surface area contributed by atoms with Crippen molar-refractivity contribution in [3.8, 4) is 11.5 Å². The maximum Gasteiger partial charge on any atom is 0.437 e. The van der Waals surface area contributed by atoms with E-state index in [-0.39, 0.29) is 18.3 Å². The van der Waals surface area contributed by atoms with Crippen molar-refractivity contribution >= 4 is 23.4 Å². The molecule has 0 spiro atoms. The number of anilines is 1. The van der Waals surface area contributed by atoms with Gasteiger partial charge in [0.25, 0.3) is 5.89 Å². The second kappa shape index (κ2) is 10.8. The van der Waals surface area contributed by atoms with Crippen LogP contribution < -0.4 is 11.1 Å². The molecule has 2 heterocycles. The quantitative estimate of drug-likeness (QED) is 0.371. The Morgan fingerprint density at radius 3 is 2.94 bits per heavy atom. The molecule has 0 fully saturated rings. The fourth-order valence-corrected chi connectivity index (χ4v) is 3.77. The number of thioether (sulfide) groups is 1. The Hall–Kier alpha value is -3.13. The molecule has 1 N–H and O–H groups in total. The summed E-state index contributed by atoms with van der Waals surface area (Å²) in [5.74, 6) is -0.249. The van der Waals surface area contributed by atoms with Crippen LogP contribution >= 0.6 is 11.8 Å². The summed E-state index contributed by atoms with van der Waals surface area (Å²) in [6.45, 7) is 7.58. The van der Waals surface area contributed by atoms with Gasteiger partial charge in [-0.2, -0.15) is 4.68 Å². The van der Waals surface area contributed by atoms with Gasteiger partial charge >= 0.3 is 5.76 Å². The summed E-state index contributed by atoms with van der Waals surface area (Å²) < 4.78 is 6.30. The molecule has 31 heavy (non-hydrogen) atoms. The van der Waals surface area contributed by atoms with Gasteiger partial charge in [0.2, 0.25) is 5.91 Å². The highest BCUT2D eigenvalue weighted by Gasteiger charge is 2.17. The maximum atomic E-state index is 12.5. The van der Waals surface area contributed by atoms with E-state index in [9.17, 15) is 9.59 Å². The molecule has 0 aliphatic heterocycles. The second-order valence-corrected chi connectivity index (χ2v) is 8.10. The van der Waals surface area contributed by atoms with Crippen molar-refractivity contribution in [1.82, 2.24) is 14.8 Å². The largest absolute Gasteiger partial charge is 0.437 e. The molecule has 1 amide bonds. The SMILES string of the molecule is C=CCSc1ncccc1-c1nn(CC(=O)Nc2ccc(CCCC)cc2C)c(=O)o1. The Labute approximate surface area is 185 Å². The van der Waals surface area contributed by atoms with Gasteiger partial charge in [0.1, 0.15) is 11.6 Å². The zero-order valence-corrected chi connectivity index (χ0v) is 18.6. The van der Waals surface area contributed by atoms with Gasteiger partial charge in [-0.05, 0) is 49.1 Å². The monoisotopic (exact) mass is 438 g/mol. The summed E-state index contributed by atoms with van der Waals surface area (Å²) in [7, 11) is 0. The average molecular weight is 439 g/mol. The molecular formula is C23H26N4O3S. The molecule has 0 aliphatic rings. The van der Waals surface area contributed by atoms with Gasteiger partial charge in [-0.15, -0.1) is 23.4 Å². The third kappa shape index (κ3) is 5.95. The highest BCUT2D eigenvalue weighted by atomic mass is 32.2. The molecule has 3 rings (SSSR count). The summed E-state index contributed by atoms with van der Waals surface area (Å²) >= 11 is 1.46. The zero-order chi connectivity index (χ0) is 22.2. The molecule has 0 bridgehead atoms. The third-order valence-electron chi connectivity index (χ3n) is 4.62. The van der Waals surface area contributed by atoms with E-state index in [4.69, 9.17) is 4.42 Å². The van der Waals surface area contributed by atoms with E-state index in [0.29, 0.717) is 16.3 Å². The number of unbranched alkanes of at least 4 members (excludes halogenated alkanes) is 1. The first-order chi connectivity index (χ1) is 15.0. The molecule has 3 aromatic rings. The van der Waals surface area contributed by atoms with E-state index in [1.807, 2.05) is 19.1 Å². The fraction of sp³-hybridized carbons (Fsp3) is 0.304. The Balaban J connectivity index is 1.72. The highest BCUT2D eigenvalue weighted by molar-refractivity contribution is 7.99. The Bertz CT molecular complexity index is 1120. The van der Waals surface area contributed by atoms with E-state index >= 15 is 0 Å². The normalized spacial score (nSPS) is 10.8. The molecule has 162 valence electrons. The van der Waals surface area contributed by atoms with Gasteiger partial charge in [0.15, 0.2) is 0 Å². The number of hydrogen-bond donors (Lipinski definition) is 1. The minimum atomic E-state index is -0.694. The minimum Gasteiger partial charge on any atom is -0.387 e. The number of hydrogen-bond acceptors (Lipinski definition) is 6. The summed E-state index contributed by atoms with van der Waals surface area (Å²) in [6, 6.07) is 9.51. The minimum absolute atomic E-state index is 0.133. The molecule has 0 unspecified atom stereocenters. The van der Waals surface area contributed by atoms with Crippen molar-refractivity contribution in [2.75, 3.05) is 11.1 Å². The standard InChI is InChI=1S/C23H26N4O3S/c1-4-6-8-17-10-11-19(16(3)14-17)25-20(28)15-27-23(29)30-21(26-27)18-9-7-12-24-22(18)31-13-5-2/h5,7,9-12,14H,2,4,6,8,13,15H2,1,3H3,(H,25,28). The summed E-state index contributed by atoms with van der Waals surface area (Å²) in [5.41, 5.74) is 3.55. The lowest BCUT2D eigenvalue weighted by Crippen LogP contribution is -2.26. The maximum absolute atomic E-state index is 12.5. The molecule has 0 radical (unpaired) electrons. The van der Waals surface area contributed by atoms with Gasteiger partial charge in [-0.3, -0.25) is 4.79 Å². The van der Waals surface area contributed by atoms with Crippen LogP contribution in [0, 0.1) is 6.92 Å². The molecule has 0 saturated heterocycles. The third-order valence-corrected chi connectivity index (χ3v) is 5.62. The topological polar surface area (TPSA) is 90.0 Å². The molecule has 0 aliphatic carbocycles. The first kappa shape index (κ1) is 22.6. The van der Waals surface area contributed by atoms with Gasteiger partial charge < -0.3 is 9.73 Å². The van der Waals surface area contributed by atoms with Crippen LogP contribution in [0.2, 0.25) is 0 Å². The lowest BCUT2D eigenvalue weighted by Gasteiger charge is -2.10. The summed E-state index contributed by atoms with van der Waals surface area (Å²) in [5, 5.41) is 7.73. The predicted molar refractivity (Wildman–Crippen MR) is 123 cm³/mol. The van der Waals surface area contributed by atoms with Gasteiger partial charge in [-0.25, -0.2) is 9.78 Å². The van der Waals surface area contributed by atoms with E-state index in [2.05, 4.69) is 35.0 Å². The van der Waals surface area contributed by atoms with Crippen LogP contribution in [0.5, 0.6) is 0 Å². The summed E-state index contributed by atoms with van der Waals surface area (Å²) in [4.78, 5) is 29.1. The van der Waals surface area contributed by atoms with Crippen molar-refractivity contribution in [2.24, 2.45) is 0 Å². The smallest absolute Gasteiger partial charge is 0.387 e. The Morgan fingerprint density at radius 1 is 1.35 bits per heavy atom. The van der Waals surface area contributed by atoms with Gasteiger partial charge in [0, 0.05) is 17.6 Å². The Kier molecular flexibility index (Phi) is 7.83. The number of amides is 1. The zero-order valence-electron chi connectivity index (χ0n) is 17.8. The number of rotatable bonds is 10. The average Bonchev–Trinajstić information content (AvgIpc) is 3.12. The molecular weight excluding hydrogens is 412 g/mol. The number of carbonyl (C=O) groups is 1. The number of nitrogens with zero attached hydrogens (tertiary/aromatic N) is 3. The number of aryl methyl sites for hydroxylation is 2. The first-order valence-corrected chi connectivity index (χ1v) is 11.2. The lowest BCUT2D eigenvalue weighted by atomic mass is 10.0. The Morgan fingerprint density at radius 2 is 2.19 bits per heavy atom. The molecule has 7 nitrogen and oxygen atoms in total. The van der Waals surface area contributed by atoms with Crippen LogP contribution in [-0.2, 0) is 17.8 Å². The molecule has 2 aromatic heterocycles. The summed E-state index contributed by atoms with van der Waals surface area (Å²) in [6.07, 6.45) is 6.71. The first-order valence-electron chi connectivity index (χ1n) is 10.2. The van der Waals surface area contributed by atoms with Gasteiger partial charge in [0.05, 0.1) is 5.56 Å².